The number of esters is 1. The molecule has 7 nitrogen and oxygen atoms in total. The van der Waals surface area contributed by atoms with Gasteiger partial charge in [-0.15, -0.1) is 0 Å². The Hall–Kier alpha value is -2.31. The van der Waals surface area contributed by atoms with Crippen LogP contribution in [0.15, 0.2) is 18.2 Å². The maximum Gasteiger partial charge on any atom is 0.305 e. The molecule has 0 aliphatic heterocycles. The molecule has 2 N–H and O–H groups in total. The van der Waals surface area contributed by atoms with Crippen molar-refractivity contribution in [3.8, 4) is 5.75 Å². The highest BCUT2D eigenvalue weighted by atomic mass is 16.6. The molecule has 0 spiro atoms. The quantitative estimate of drug-likeness (QED) is 0.266. The van der Waals surface area contributed by atoms with Gasteiger partial charge in [0, 0.05) is 12.5 Å². The zero-order valence-corrected chi connectivity index (χ0v) is 10.6. The lowest BCUT2D eigenvalue weighted by Crippen LogP contribution is -2.07. The van der Waals surface area contributed by atoms with Gasteiger partial charge in [0.15, 0.2) is 5.69 Å². The second-order valence-corrected chi connectivity index (χ2v) is 3.70. The number of nitrogen functional groups attached to an aromatic ring is 1. The molecule has 104 valence electrons. The number of benzene rings is 1. The minimum atomic E-state index is -0.569. The van der Waals surface area contributed by atoms with Crippen molar-refractivity contribution in [2.45, 2.75) is 19.8 Å². The van der Waals surface area contributed by atoms with E-state index in [-0.39, 0.29) is 36.1 Å². The van der Waals surface area contributed by atoms with Crippen molar-refractivity contribution in [2.75, 3.05) is 18.9 Å². The number of nitro benzene ring substituents is 1. The van der Waals surface area contributed by atoms with Gasteiger partial charge in [0.25, 0.3) is 5.69 Å². The first-order valence-corrected chi connectivity index (χ1v) is 5.87. The Morgan fingerprint density at radius 2 is 2.21 bits per heavy atom. The number of nitrogens with zero attached hydrogens (tertiary/aromatic N) is 1. The summed E-state index contributed by atoms with van der Waals surface area (Å²) in [5.74, 6) is -0.0452. The summed E-state index contributed by atoms with van der Waals surface area (Å²) in [6.07, 6.45) is 0.698. The van der Waals surface area contributed by atoms with E-state index in [0.717, 1.165) is 0 Å². The van der Waals surface area contributed by atoms with E-state index < -0.39 is 4.92 Å². The van der Waals surface area contributed by atoms with Gasteiger partial charge in [-0.2, -0.15) is 0 Å². The summed E-state index contributed by atoms with van der Waals surface area (Å²) in [7, 11) is 0. The van der Waals surface area contributed by atoms with Crippen molar-refractivity contribution in [2.24, 2.45) is 0 Å². The Labute approximate surface area is 110 Å². The fraction of sp³-hybridized carbons (Fsp3) is 0.417. The molecule has 0 radical (unpaired) electrons. The molecule has 0 atom stereocenters. The van der Waals surface area contributed by atoms with E-state index in [1.807, 2.05) is 0 Å². The number of carbonyl (C=O) groups is 1. The third-order valence-electron chi connectivity index (χ3n) is 2.33. The van der Waals surface area contributed by atoms with Gasteiger partial charge in [0.1, 0.15) is 5.75 Å². The Kier molecular flexibility index (Phi) is 5.59. The normalized spacial score (nSPS) is 9.95. The first-order valence-electron chi connectivity index (χ1n) is 5.87. The van der Waals surface area contributed by atoms with Crippen LogP contribution in [-0.4, -0.2) is 24.1 Å². The SMILES string of the molecule is CCOC(=O)CCCOc1cccc([N+](=O)[O-])c1N. The van der Waals surface area contributed by atoms with Gasteiger partial charge in [-0.25, -0.2) is 0 Å². The molecule has 0 bridgehead atoms. The van der Waals surface area contributed by atoms with Crippen molar-refractivity contribution in [1.82, 2.24) is 0 Å². The number of nitro groups is 1. The van der Waals surface area contributed by atoms with Crippen LogP contribution in [0.2, 0.25) is 0 Å². The molecular formula is C12H16N2O5. The van der Waals surface area contributed by atoms with Crippen LogP contribution < -0.4 is 10.5 Å². The van der Waals surface area contributed by atoms with Crippen molar-refractivity contribution in [3.05, 3.63) is 28.3 Å². The van der Waals surface area contributed by atoms with Crippen LogP contribution in [-0.2, 0) is 9.53 Å². The van der Waals surface area contributed by atoms with Crippen LogP contribution in [0.4, 0.5) is 11.4 Å². The fourth-order valence-corrected chi connectivity index (χ4v) is 1.45. The third kappa shape index (κ3) is 4.46. The first-order chi connectivity index (χ1) is 9.06. The van der Waals surface area contributed by atoms with Crippen LogP contribution >= 0.6 is 0 Å². The Balaban J connectivity index is 2.48. The second kappa shape index (κ2) is 7.20. The molecule has 1 rings (SSSR count). The Morgan fingerprint density at radius 1 is 1.47 bits per heavy atom. The average Bonchev–Trinajstić information content (AvgIpc) is 2.36. The van der Waals surface area contributed by atoms with Gasteiger partial charge in [-0.1, -0.05) is 6.07 Å². The van der Waals surface area contributed by atoms with Crippen LogP contribution in [0.1, 0.15) is 19.8 Å². The van der Waals surface area contributed by atoms with E-state index in [2.05, 4.69) is 0 Å². The maximum atomic E-state index is 11.1. The highest BCUT2D eigenvalue weighted by Gasteiger charge is 2.15. The lowest BCUT2D eigenvalue weighted by molar-refractivity contribution is -0.384. The number of hydrogen-bond donors (Lipinski definition) is 1. The average molecular weight is 268 g/mol. The first kappa shape index (κ1) is 14.7. The molecule has 0 unspecified atom stereocenters. The Bertz CT molecular complexity index is 461. The molecule has 0 aliphatic carbocycles. The van der Waals surface area contributed by atoms with Crippen molar-refractivity contribution in [3.63, 3.8) is 0 Å². The monoisotopic (exact) mass is 268 g/mol. The molecule has 0 saturated heterocycles. The molecular weight excluding hydrogens is 252 g/mol. The zero-order chi connectivity index (χ0) is 14.3. The van der Waals surface area contributed by atoms with Gasteiger partial charge in [-0.3, -0.25) is 14.9 Å². The topological polar surface area (TPSA) is 105 Å². The van der Waals surface area contributed by atoms with Crippen LogP contribution in [0.5, 0.6) is 5.75 Å². The van der Waals surface area contributed by atoms with Gasteiger partial charge in [0.2, 0.25) is 0 Å². The van der Waals surface area contributed by atoms with E-state index in [1.165, 1.54) is 12.1 Å². The highest BCUT2D eigenvalue weighted by molar-refractivity contribution is 5.69. The molecule has 0 aromatic heterocycles. The molecule has 0 fully saturated rings. The second-order valence-electron chi connectivity index (χ2n) is 3.70. The molecule has 0 saturated carbocycles. The van der Waals surface area contributed by atoms with E-state index >= 15 is 0 Å². The predicted molar refractivity (Wildman–Crippen MR) is 68.9 cm³/mol. The lowest BCUT2D eigenvalue weighted by atomic mass is 10.2. The smallest absolute Gasteiger partial charge is 0.305 e. The van der Waals surface area contributed by atoms with Gasteiger partial charge < -0.3 is 15.2 Å². The number of hydrogen-bond acceptors (Lipinski definition) is 6. The largest absolute Gasteiger partial charge is 0.491 e. The van der Waals surface area contributed by atoms with Gasteiger partial charge >= 0.3 is 5.97 Å². The van der Waals surface area contributed by atoms with E-state index in [1.54, 1.807) is 13.0 Å². The summed E-state index contributed by atoms with van der Waals surface area (Å²) in [6.45, 7) is 2.32. The molecule has 0 aliphatic rings. The van der Waals surface area contributed by atoms with Gasteiger partial charge in [0.05, 0.1) is 18.1 Å². The number of nitrogens with two attached hydrogens (primary N) is 1. The number of rotatable bonds is 7. The third-order valence-corrected chi connectivity index (χ3v) is 2.33. The summed E-state index contributed by atoms with van der Waals surface area (Å²) in [5.41, 5.74) is 5.41. The van der Waals surface area contributed by atoms with E-state index in [0.29, 0.717) is 13.0 Å². The molecule has 1 aromatic rings. The molecule has 1 aromatic carbocycles. The molecule has 7 heteroatoms. The summed E-state index contributed by atoms with van der Waals surface area (Å²) in [4.78, 5) is 21.2. The Morgan fingerprint density at radius 3 is 2.84 bits per heavy atom. The number of carbonyl (C=O) groups excluding carboxylic acids is 1. The summed E-state index contributed by atoms with van der Waals surface area (Å²) < 4.78 is 10.1. The maximum absolute atomic E-state index is 11.1. The fourth-order valence-electron chi connectivity index (χ4n) is 1.45. The highest BCUT2D eigenvalue weighted by Crippen LogP contribution is 2.30. The summed E-state index contributed by atoms with van der Waals surface area (Å²) in [5, 5.41) is 10.7. The molecule has 19 heavy (non-hydrogen) atoms. The summed E-state index contributed by atoms with van der Waals surface area (Å²) in [6, 6.07) is 4.35. The van der Waals surface area contributed by atoms with Crippen molar-refractivity contribution in [1.29, 1.82) is 0 Å². The van der Waals surface area contributed by atoms with Crippen LogP contribution in [0.25, 0.3) is 0 Å². The van der Waals surface area contributed by atoms with Crippen LogP contribution in [0.3, 0.4) is 0 Å². The van der Waals surface area contributed by atoms with Gasteiger partial charge in [-0.05, 0) is 19.4 Å². The standard InChI is InChI=1S/C12H16N2O5/c1-2-18-11(15)7-4-8-19-10-6-3-5-9(12(10)13)14(16)17/h3,5-6H,2,4,7-8,13H2,1H3. The van der Waals surface area contributed by atoms with Crippen molar-refractivity contribution < 1.29 is 19.2 Å². The van der Waals surface area contributed by atoms with E-state index in [9.17, 15) is 14.9 Å². The predicted octanol–water partition coefficient (Wildman–Crippen LogP) is 1.90. The summed E-state index contributed by atoms with van der Waals surface area (Å²) >= 11 is 0. The lowest BCUT2D eigenvalue weighted by Gasteiger charge is -2.08. The molecule has 0 amide bonds. The zero-order valence-electron chi connectivity index (χ0n) is 10.6. The van der Waals surface area contributed by atoms with E-state index in [4.69, 9.17) is 15.2 Å². The molecule has 0 heterocycles. The number of anilines is 1. The number of ether oxygens (including phenoxy) is 2. The van der Waals surface area contributed by atoms with Crippen molar-refractivity contribution >= 4 is 17.3 Å². The minimum Gasteiger partial charge on any atom is -0.491 e. The minimum absolute atomic E-state index is 0.0105. The van der Waals surface area contributed by atoms with Crippen LogP contribution in [0, 0.1) is 10.1 Å². The number of para-hydroxylation sites is 1.